The highest BCUT2D eigenvalue weighted by Gasteiger charge is 2.31. The largest absolute Gasteiger partial charge is 0.416 e. The van der Waals surface area contributed by atoms with Crippen molar-refractivity contribution in [3.8, 4) is 0 Å². The molecule has 0 aliphatic carbocycles. The molecule has 0 radical (unpaired) electrons. The van der Waals surface area contributed by atoms with Gasteiger partial charge in [0.15, 0.2) is 5.13 Å². The topological polar surface area (TPSA) is 45.4 Å². The Labute approximate surface area is 159 Å². The number of nitrogen functional groups attached to an aromatic ring is 1. The second kappa shape index (κ2) is 8.49. The molecular formula is C17H21F3N4S2. The van der Waals surface area contributed by atoms with E-state index in [0.29, 0.717) is 10.8 Å². The molecule has 142 valence electrons. The van der Waals surface area contributed by atoms with Gasteiger partial charge < -0.3 is 10.6 Å². The van der Waals surface area contributed by atoms with Crippen molar-refractivity contribution in [2.45, 2.75) is 16.8 Å². The summed E-state index contributed by atoms with van der Waals surface area (Å²) in [4.78, 5) is 8.43. The summed E-state index contributed by atoms with van der Waals surface area (Å²) < 4.78 is 39.7. The van der Waals surface area contributed by atoms with E-state index in [2.05, 4.69) is 9.88 Å². The Kier molecular flexibility index (Phi) is 6.31. The van der Waals surface area contributed by atoms with Gasteiger partial charge in [0.2, 0.25) is 0 Å². The summed E-state index contributed by atoms with van der Waals surface area (Å²) in [6.07, 6.45) is -1.43. The van der Waals surface area contributed by atoms with E-state index in [0.717, 1.165) is 55.2 Å². The summed E-state index contributed by atoms with van der Waals surface area (Å²) in [5.74, 6) is 1.01. The van der Waals surface area contributed by atoms with Crippen LogP contribution in [0.3, 0.4) is 0 Å². The smallest absolute Gasteiger partial charge is 0.375 e. The van der Waals surface area contributed by atoms with Crippen molar-refractivity contribution in [1.29, 1.82) is 0 Å². The summed E-state index contributed by atoms with van der Waals surface area (Å²) in [7, 11) is 0. The molecule has 0 amide bonds. The van der Waals surface area contributed by atoms with Gasteiger partial charge in [-0.1, -0.05) is 17.4 Å². The van der Waals surface area contributed by atoms with Gasteiger partial charge in [0.1, 0.15) is 0 Å². The molecule has 0 atom stereocenters. The van der Waals surface area contributed by atoms with Crippen LogP contribution < -0.4 is 10.6 Å². The van der Waals surface area contributed by atoms with E-state index in [9.17, 15) is 13.2 Å². The van der Waals surface area contributed by atoms with Crippen LogP contribution in [-0.2, 0) is 6.18 Å². The fourth-order valence-electron chi connectivity index (χ4n) is 2.91. The van der Waals surface area contributed by atoms with E-state index >= 15 is 0 Å². The van der Waals surface area contributed by atoms with Gasteiger partial charge in [-0.3, -0.25) is 4.90 Å². The number of alkyl halides is 3. The summed E-state index contributed by atoms with van der Waals surface area (Å²) in [5, 5.41) is 0.596. The molecule has 1 aliphatic heterocycles. The lowest BCUT2D eigenvalue weighted by molar-refractivity contribution is -0.137. The van der Waals surface area contributed by atoms with E-state index in [1.54, 1.807) is 24.0 Å². The number of thioether (sulfide) groups is 1. The number of hydrogen-bond donors (Lipinski definition) is 1. The number of thiazole rings is 1. The molecule has 1 fully saturated rings. The Hall–Kier alpha value is -1.45. The minimum absolute atomic E-state index is 0.585. The molecule has 2 heterocycles. The molecule has 1 aromatic carbocycles. The van der Waals surface area contributed by atoms with Crippen LogP contribution in [0, 0.1) is 0 Å². The second-order valence-corrected chi connectivity index (χ2v) is 8.55. The van der Waals surface area contributed by atoms with Crippen molar-refractivity contribution >= 4 is 33.9 Å². The first kappa shape index (κ1) is 19.3. The molecule has 0 unspecified atom stereocenters. The average Bonchev–Trinajstić information content (AvgIpc) is 3.04. The van der Waals surface area contributed by atoms with Gasteiger partial charge in [-0.25, -0.2) is 4.98 Å². The van der Waals surface area contributed by atoms with Crippen LogP contribution in [0.15, 0.2) is 34.7 Å². The number of benzene rings is 1. The van der Waals surface area contributed by atoms with Gasteiger partial charge in [-0.15, -0.1) is 11.8 Å². The summed E-state index contributed by atoms with van der Waals surface area (Å²) in [6, 6.07) is 5.59. The quantitative estimate of drug-likeness (QED) is 0.583. The van der Waals surface area contributed by atoms with E-state index in [4.69, 9.17) is 5.73 Å². The molecule has 0 saturated carbocycles. The number of nitrogens with zero attached hydrogens (tertiary/aromatic N) is 3. The third-order valence-corrected chi connectivity index (χ3v) is 6.38. The zero-order valence-corrected chi connectivity index (χ0v) is 15.8. The Balaban J connectivity index is 1.41. The highest BCUT2D eigenvalue weighted by atomic mass is 32.2. The maximum absolute atomic E-state index is 12.9. The van der Waals surface area contributed by atoms with E-state index in [-0.39, 0.29) is 0 Å². The Morgan fingerprint density at radius 2 is 1.96 bits per heavy atom. The minimum Gasteiger partial charge on any atom is -0.375 e. The predicted octanol–water partition coefficient (Wildman–Crippen LogP) is 4.05. The maximum Gasteiger partial charge on any atom is 0.416 e. The van der Waals surface area contributed by atoms with E-state index < -0.39 is 11.7 Å². The average molecular weight is 403 g/mol. The molecule has 3 rings (SSSR count). The highest BCUT2D eigenvalue weighted by molar-refractivity contribution is 8.01. The molecule has 9 heteroatoms. The van der Waals surface area contributed by atoms with Crippen LogP contribution in [0.4, 0.5) is 24.0 Å². The Bertz CT molecular complexity index is 712. The van der Waals surface area contributed by atoms with Crippen LogP contribution in [0.5, 0.6) is 0 Å². The standard InChI is InChI=1S/C17H21F3N4S2/c18-17(19,20)13-3-1-4-14(11-13)24-8-6-23(7-9-24)5-2-10-25-15-12-22-16(21)26-15/h1,3-4,11-12H,2,5-10H2,(H2,21,22). The zero-order valence-electron chi connectivity index (χ0n) is 14.2. The van der Waals surface area contributed by atoms with Crippen molar-refractivity contribution in [1.82, 2.24) is 9.88 Å². The van der Waals surface area contributed by atoms with Crippen LogP contribution >= 0.6 is 23.1 Å². The number of hydrogen-bond acceptors (Lipinski definition) is 6. The van der Waals surface area contributed by atoms with Crippen molar-refractivity contribution in [2.75, 3.05) is 49.1 Å². The minimum atomic E-state index is -4.29. The number of aromatic nitrogens is 1. The second-order valence-electron chi connectivity index (χ2n) is 6.10. The van der Waals surface area contributed by atoms with Gasteiger partial charge >= 0.3 is 6.18 Å². The lowest BCUT2D eigenvalue weighted by Gasteiger charge is -2.36. The molecule has 0 spiro atoms. The number of rotatable bonds is 6. The first-order valence-corrected chi connectivity index (χ1v) is 10.2. The lowest BCUT2D eigenvalue weighted by atomic mass is 10.1. The number of nitrogens with two attached hydrogens (primary N) is 1. The molecule has 2 aromatic rings. The maximum atomic E-state index is 12.9. The summed E-state index contributed by atoms with van der Waals surface area (Å²) in [5.41, 5.74) is 5.68. The van der Waals surface area contributed by atoms with Gasteiger partial charge in [-0.05, 0) is 31.2 Å². The highest BCUT2D eigenvalue weighted by Crippen LogP contribution is 2.32. The predicted molar refractivity (Wildman–Crippen MR) is 102 cm³/mol. The molecule has 2 N–H and O–H groups in total. The molecular weight excluding hydrogens is 381 g/mol. The van der Waals surface area contributed by atoms with Crippen LogP contribution in [-0.4, -0.2) is 48.4 Å². The fraction of sp³-hybridized carbons (Fsp3) is 0.471. The molecule has 1 aromatic heterocycles. The zero-order chi connectivity index (χ0) is 18.6. The van der Waals surface area contributed by atoms with Crippen molar-refractivity contribution < 1.29 is 13.2 Å². The third-order valence-electron chi connectivity index (χ3n) is 4.28. The van der Waals surface area contributed by atoms with Crippen molar-refractivity contribution in [3.05, 3.63) is 36.0 Å². The van der Waals surface area contributed by atoms with Crippen LogP contribution in [0.1, 0.15) is 12.0 Å². The van der Waals surface area contributed by atoms with Gasteiger partial charge in [0.25, 0.3) is 0 Å². The molecule has 1 saturated heterocycles. The number of halogens is 3. The fourth-order valence-corrected chi connectivity index (χ4v) is 4.67. The van der Waals surface area contributed by atoms with Gasteiger partial charge in [0, 0.05) is 37.6 Å². The third kappa shape index (κ3) is 5.28. The van der Waals surface area contributed by atoms with Crippen LogP contribution in [0.2, 0.25) is 0 Å². The Morgan fingerprint density at radius 1 is 1.19 bits per heavy atom. The first-order chi connectivity index (χ1) is 12.4. The lowest BCUT2D eigenvalue weighted by Crippen LogP contribution is -2.46. The molecule has 4 nitrogen and oxygen atoms in total. The summed E-state index contributed by atoms with van der Waals surface area (Å²) in [6.45, 7) is 4.24. The van der Waals surface area contributed by atoms with Gasteiger partial charge in [0.05, 0.1) is 16.0 Å². The van der Waals surface area contributed by atoms with E-state index in [1.807, 2.05) is 4.90 Å². The van der Waals surface area contributed by atoms with Crippen molar-refractivity contribution in [2.24, 2.45) is 0 Å². The molecule has 0 bridgehead atoms. The normalized spacial score (nSPS) is 16.2. The monoisotopic (exact) mass is 402 g/mol. The van der Waals surface area contributed by atoms with E-state index in [1.165, 1.54) is 23.5 Å². The molecule has 1 aliphatic rings. The van der Waals surface area contributed by atoms with Crippen LogP contribution in [0.25, 0.3) is 0 Å². The van der Waals surface area contributed by atoms with Gasteiger partial charge in [-0.2, -0.15) is 13.2 Å². The SMILES string of the molecule is Nc1ncc(SCCCN2CCN(c3cccc(C(F)(F)F)c3)CC2)s1. The number of anilines is 2. The number of piperazine rings is 1. The first-order valence-electron chi connectivity index (χ1n) is 8.40. The summed E-state index contributed by atoms with van der Waals surface area (Å²) >= 11 is 3.27. The Morgan fingerprint density at radius 3 is 2.62 bits per heavy atom. The van der Waals surface area contributed by atoms with Crippen molar-refractivity contribution in [3.63, 3.8) is 0 Å². The molecule has 26 heavy (non-hydrogen) atoms.